The molecule has 1 aliphatic carbocycles. The Bertz CT molecular complexity index is 897. The maximum absolute atomic E-state index is 6.03. The van der Waals surface area contributed by atoms with Crippen LogP contribution < -0.4 is 16.4 Å². The molecule has 142 valence electrons. The number of benzene rings is 1. The molecule has 0 atom stereocenters. The van der Waals surface area contributed by atoms with Gasteiger partial charge in [0.05, 0.1) is 6.04 Å². The van der Waals surface area contributed by atoms with Crippen LogP contribution in [0.25, 0.3) is 11.2 Å². The van der Waals surface area contributed by atoms with E-state index in [0.717, 1.165) is 37.0 Å². The van der Waals surface area contributed by atoms with Gasteiger partial charge in [0.15, 0.2) is 17.0 Å². The summed E-state index contributed by atoms with van der Waals surface area (Å²) in [6.07, 6.45) is 4.12. The molecule has 8 nitrogen and oxygen atoms in total. The highest BCUT2D eigenvalue weighted by Gasteiger charge is 2.21. The van der Waals surface area contributed by atoms with Crippen molar-refractivity contribution in [3.63, 3.8) is 0 Å². The van der Waals surface area contributed by atoms with Crippen molar-refractivity contribution in [1.82, 2.24) is 25.0 Å². The number of hydrogen-bond donors (Lipinski definition) is 3. The first-order chi connectivity index (χ1) is 13.1. The molecule has 2 heterocycles. The lowest BCUT2D eigenvalue weighted by molar-refractivity contribution is 0.410. The average Bonchev–Trinajstić information content (AvgIpc) is 3.09. The molecule has 3 aromatic rings. The van der Waals surface area contributed by atoms with Crippen LogP contribution in [0.1, 0.15) is 45.6 Å². The van der Waals surface area contributed by atoms with Crippen LogP contribution in [0.3, 0.4) is 0 Å². The van der Waals surface area contributed by atoms with Gasteiger partial charge < -0.3 is 16.4 Å². The molecular weight excluding hydrogens is 340 g/mol. The largest absolute Gasteiger partial charge is 0.351 e. The minimum absolute atomic E-state index is 0.162. The molecule has 0 amide bonds. The van der Waals surface area contributed by atoms with Crippen molar-refractivity contribution >= 4 is 28.6 Å². The van der Waals surface area contributed by atoms with Gasteiger partial charge in [0.1, 0.15) is 0 Å². The van der Waals surface area contributed by atoms with E-state index in [2.05, 4.69) is 34.8 Å². The number of nitrogens with one attached hydrogen (secondary N) is 2. The molecule has 8 heteroatoms. The fourth-order valence-electron chi connectivity index (χ4n) is 3.43. The molecule has 1 fully saturated rings. The Kier molecular flexibility index (Phi) is 4.89. The summed E-state index contributed by atoms with van der Waals surface area (Å²) in [5.41, 5.74) is 8.38. The van der Waals surface area contributed by atoms with Gasteiger partial charge in [-0.05, 0) is 51.7 Å². The standard InChI is InChI=1S/C19H26N8/c1-12(2)27-18-16(25-26-27)17(21-14-6-4-3-5-7-14)23-19(24-18)22-15-10-8-13(20)9-11-15/h3-7,12-13,15H,8-11,20H2,1-2H3,(H2,21,22,23,24). The molecule has 0 bridgehead atoms. The Balaban J connectivity index is 1.69. The van der Waals surface area contributed by atoms with Crippen LogP contribution in [-0.4, -0.2) is 37.0 Å². The van der Waals surface area contributed by atoms with E-state index in [1.165, 1.54) is 0 Å². The summed E-state index contributed by atoms with van der Waals surface area (Å²) in [7, 11) is 0. The van der Waals surface area contributed by atoms with Gasteiger partial charge >= 0.3 is 0 Å². The van der Waals surface area contributed by atoms with Gasteiger partial charge in [0.25, 0.3) is 0 Å². The number of aromatic nitrogens is 5. The van der Waals surface area contributed by atoms with Crippen molar-refractivity contribution < 1.29 is 0 Å². The third kappa shape index (κ3) is 3.85. The summed E-state index contributed by atoms with van der Waals surface area (Å²) in [6, 6.07) is 10.8. The van der Waals surface area contributed by atoms with Crippen LogP contribution in [0.5, 0.6) is 0 Å². The summed E-state index contributed by atoms with van der Waals surface area (Å²) in [6.45, 7) is 4.13. The van der Waals surface area contributed by atoms with Gasteiger partial charge in [-0.25, -0.2) is 4.68 Å². The zero-order valence-electron chi connectivity index (χ0n) is 15.8. The molecule has 2 aromatic heterocycles. The minimum atomic E-state index is 0.162. The summed E-state index contributed by atoms with van der Waals surface area (Å²) in [5.74, 6) is 1.26. The van der Waals surface area contributed by atoms with E-state index < -0.39 is 0 Å². The summed E-state index contributed by atoms with van der Waals surface area (Å²) >= 11 is 0. The predicted molar refractivity (Wildman–Crippen MR) is 107 cm³/mol. The summed E-state index contributed by atoms with van der Waals surface area (Å²) < 4.78 is 1.83. The molecule has 1 saturated carbocycles. The minimum Gasteiger partial charge on any atom is -0.351 e. The molecule has 4 rings (SSSR count). The lowest BCUT2D eigenvalue weighted by atomic mass is 9.92. The van der Waals surface area contributed by atoms with E-state index in [1.807, 2.05) is 35.0 Å². The molecular formula is C19H26N8. The second-order valence-corrected chi connectivity index (χ2v) is 7.44. The van der Waals surface area contributed by atoms with E-state index in [4.69, 9.17) is 15.7 Å². The molecule has 0 spiro atoms. The molecule has 0 aliphatic heterocycles. The zero-order valence-corrected chi connectivity index (χ0v) is 15.8. The zero-order chi connectivity index (χ0) is 18.8. The molecule has 1 aliphatic rings. The van der Waals surface area contributed by atoms with Gasteiger partial charge in [0, 0.05) is 17.8 Å². The second-order valence-electron chi connectivity index (χ2n) is 7.44. The Hall–Kier alpha value is -2.74. The number of rotatable bonds is 5. The number of hydrogen-bond acceptors (Lipinski definition) is 7. The van der Waals surface area contributed by atoms with Crippen molar-refractivity contribution in [3.05, 3.63) is 30.3 Å². The third-order valence-corrected chi connectivity index (χ3v) is 4.95. The van der Waals surface area contributed by atoms with Gasteiger partial charge in [-0.15, -0.1) is 5.10 Å². The first-order valence-corrected chi connectivity index (χ1v) is 9.57. The van der Waals surface area contributed by atoms with Crippen molar-refractivity contribution in [3.8, 4) is 0 Å². The molecule has 27 heavy (non-hydrogen) atoms. The van der Waals surface area contributed by atoms with Crippen molar-refractivity contribution in [2.24, 2.45) is 5.73 Å². The Labute approximate surface area is 158 Å². The topological polar surface area (TPSA) is 107 Å². The van der Waals surface area contributed by atoms with Crippen molar-refractivity contribution in [2.45, 2.75) is 57.7 Å². The van der Waals surface area contributed by atoms with Gasteiger partial charge in [0.2, 0.25) is 5.95 Å². The normalized spacial score (nSPS) is 20.1. The molecule has 0 saturated heterocycles. The van der Waals surface area contributed by atoms with Crippen LogP contribution in [0, 0.1) is 0 Å². The average molecular weight is 366 g/mol. The van der Waals surface area contributed by atoms with E-state index in [0.29, 0.717) is 29.4 Å². The van der Waals surface area contributed by atoms with Crippen molar-refractivity contribution in [1.29, 1.82) is 0 Å². The Morgan fingerprint density at radius 1 is 1.07 bits per heavy atom. The second kappa shape index (κ2) is 7.48. The number of fused-ring (bicyclic) bond motifs is 1. The predicted octanol–water partition coefficient (Wildman–Crippen LogP) is 3.23. The van der Waals surface area contributed by atoms with Gasteiger partial charge in [-0.3, -0.25) is 0 Å². The first-order valence-electron chi connectivity index (χ1n) is 9.57. The van der Waals surface area contributed by atoms with Crippen LogP contribution in [-0.2, 0) is 0 Å². The fraction of sp³-hybridized carbons (Fsp3) is 0.474. The SMILES string of the molecule is CC(C)n1nnc2c(Nc3ccccc3)nc(NC3CCC(N)CC3)nc21. The number of anilines is 3. The lowest BCUT2D eigenvalue weighted by Crippen LogP contribution is -2.33. The Morgan fingerprint density at radius 3 is 2.52 bits per heavy atom. The van der Waals surface area contributed by atoms with E-state index in [9.17, 15) is 0 Å². The van der Waals surface area contributed by atoms with Crippen LogP contribution >= 0.6 is 0 Å². The highest BCUT2D eigenvalue weighted by Crippen LogP contribution is 2.26. The van der Waals surface area contributed by atoms with Gasteiger partial charge in [-0.2, -0.15) is 9.97 Å². The number of nitrogens with zero attached hydrogens (tertiary/aromatic N) is 5. The fourth-order valence-corrected chi connectivity index (χ4v) is 3.43. The molecule has 4 N–H and O–H groups in total. The van der Waals surface area contributed by atoms with E-state index in [-0.39, 0.29) is 6.04 Å². The molecule has 0 unspecified atom stereocenters. The Morgan fingerprint density at radius 2 is 1.81 bits per heavy atom. The molecule has 0 radical (unpaired) electrons. The van der Waals surface area contributed by atoms with Crippen molar-refractivity contribution in [2.75, 3.05) is 10.6 Å². The highest BCUT2D eigenvalue weighted by molar-refractivity contribution is 5.86. The molecule has 1 aromatic carbocycles. The summed E-state index contributed by atoms with van der Waals surface area (Å²) in [5, 5.41) is 15.4. The number of nitrogens with two attached hydrogens (primary N) is 1. The first kappa shape index (κ1) is 17.7. The maximum atomic E-state index is 6.03. The number of para-hydroxylation sites is 1. The smallest absolute Gasteiger partial charge is 0.227 e. The quantitative estimate of drug-likeness (QED) is 0.636. The van der Waals surface area contributed by atoms with E-state index in [1.54, 1.807) is 0 Å². The van der Waals surface area contributed by atoms with Crippen LogP contribution in [0.4, 0.5) is 17.5 Å². The van der Waals surface area contributed by atoms with Crippen LogP contribution in [0.15, 0.2) is 30.3 Å². The van der Waals surface area contributed by atoms with Gasteiger partial charge in [-0.1, -0.05) is 23.4 Å². The highest BCUT2D eigenvalue weighted by atomic mass is 15.5. The monoisotopic (exact) mass is 366 g/mol. The van der Waals surface area contributed by atoms with Crippen LogP contribution in [0.2, 0.25) is 0 Å². The lowest BCUT2D eigenvalue weighted by Gasteiger charge is -2.26. The maximum Gasteiger partial charge on any atom is 0.227 e. The third-order valence-electron chi connectivity index (χ3n) is 4.95. The van der Waals surface area contributed by atoms with E-state index >= 15 is 0 Å². The summed E-state index contributed by atoms with van der Waals surface area (Å²) in [4.78, 5) is 9.42.